The molecule has 0 heterocycles. The van der Waals surface area contributed by atoms with Gasteiger partial charge in [0, 0.05) is 12.1 Å². The molecule has 2 nitrogen and oxygen atoms in total. The molecule has 0 bridgehead atoms. The molecule has 2 saturated carbocycles. The smallest absolute Gasteiger partial charge is 0.0638 e. The molecule has 0 amide bonds. The quantitative estimate of drug-likeness (QED) is 0.701. The fourth-order valence-electron chi connectivity index (χ4n) is 2.27. The van der Waals surface area contributed by atoms with E-state index < -0.39 is 0 Å². The van der Waals surface area contributed by atoms with E-state index in [1.165, 1.54) is 25.7 Å². The highest BCUT2D eigenvalue weighted by atomic mass is 15.0. The highest BCUT2D eigenvalue weighted by molar-refractivity contribution is 4.98. The fraction of sp³-hybridized carbons (Fsp3) is 0.917. The highest BCUT2D eigenvalue weighted by Gasteiger charge is 2.41. The van der Waals surface area contributed by atoms with Gasteiger partial charge in [0.15, 0.2) is 0 Å². The van der Waals surface area contributed by atoms with Gasteiger partial charge in [-0.3, -0.25) is 0 Å². The number of hydrogen-bond donors (Lipinski definition) is 1. The third-order valence-corrected chi connectivity index (χ3v) is 3.52. The van der Waals surface area contributed by atoms with E-state index in [0.29, 0.717) is 12.5 Å². The summed E-state index contributed by atoms with van der Waals surface area (Å²) in [6.07, 6.45) is 7.42. The van der Waals surface area contributed by atoms with E-state index >= 15 is 0 Å². The minimum Gasteiger partial charge on any atom is -0.310 e. The van der Waals surface area contributed by atoms with Gasteiger partial charge in [0.05, 0.1) is 12.5 Å². The van der Waals surface area contributed by atoms with Gasteiger partial charge in [0.1, 0.15) is 0 Å². The predicted molar refractivity (Wildman–Crippen MR) is 56.7 cm³/mol. The van der Waals surface area contributed by atoms with Gasteiger partial charge in [-0.25, -0.2) is 0 Å². The van der Waals surface area contributed by atoms with Gasteiger partial charge in [0.25, 0.3) is 0 Å². The first kappa shape index (κ1) is 9.98. The van der Waals surface area contributed by atoms with E-state index in [1.807, 2.05) is 0 Å². The van der Waals surface area contributed by atoms with Crippen LogP contribution in [0.15, 0.2) is 0 Å². The van der Waals surface area contributed by atoms with Crippen LogP contribution >= 0.6 is 0 Å². The van der Waals surface area contributed by atoms with E-state index in [9.17, 15) is 0 Å². The minimum absolute atomic E-state index is 0.436. The maximum absolute atomic E-state index is 8.70. The van der Waals surface area contributed by atoms with Crippen molar-refractivity contribution in [1.82, 2.24) is 5.32 Å². The van der Waals surface area contributed by atoms with Crippen molar-refractivity contribution < 1.29 is 0 Å². The van der Waals surface area contributed by atoms with Crippen LogP contribution in [0, 0.1) is 23.2 Å². The Kier molecular flexibility index (Phi) is 3.08. The molecule has 1 unspecified atom stereocenters. The molecule has 1 atom stereocenters. The Labute approximate surface area is 86.7 Å². The summed E-state index contributed by atoms with van der Waals surface area (Å²) in [6, 6.07) is 3.46. The zero-order chi connectivity index (χ0) is 9.97. The lowest BCUT2D eigenvalue weighted by molar-refractivity contribution is 0.356. The van der Waals surface area contributed by atoms with Crippen molar-refractivity contribution in [1.29, 1.82) is 5.26 Å². The average Bonchev–Trinajstić information content (AvgIpc) is 3.05. The second kappa shape index (κ2) is 4.31. The predicted octanol–water partition coefficient (Wildman–Crippen LogP) is 2.46. The summed E-state index contributed by atoms with van der Waals surface area (Å²) in [5, 5.41) is 12.4. The normalized spacial score (nSPS) is 23.5. The zero-order valence-electron chi connectivity index (χ0n) is 9.00. The second-order valence-corrected chi connectivity index (χ2v) is 4.83. The number of nitrogens with one attached hydrogen (secondary N) is 1. The van der Waals surface area contributed by atoms with Crippen LogP contribution in [0.1, 0.15) is 45.4 Å². The van der Waals surface area contributed by atoms with E-state index in [4.69, 9.17) is 5.26 Å². The molecule has 2 heteroatoms. The van der Waals surface area contributed by atoms with Crippen LogP contribution in [-0.2, 0) is 0 Å². The van der Waals surface area contributed by atoms with Crippen LogP contribution in [0.2, 0.25) is 0 Å². The molecule has 0 aromatic carbocycles. The summed E-state index contributed by atoms with van der Waals surface area (Å²) in [5.74, 6) is 1.88. The lowest BCUT2D eigenvalue weighted by Gasteiger charge is -2.23. The summed E-state index contributed by atoms with van der Waals surface area (Å²) >= 11 is 0. The molecule has 0 aromatic rings. The van der Waals surface area contributed by atoms with Crippen molar-refractivity contribution >= 4 is 0 Å². The summed E-state index contributed by atoms with van der Waals surface area (Å²) in [6.45, 7) is 2.17. The summed E-state index contributed by atoms with van der Waals surface area (Å²) in [4.78, 5) is 0. The molecule has 0 saturated heterocycles. The number of nitrogens with zero attached hydrogens (tertiary/aromatic N) is 1. The number of rotatable bonds is 6. The Morgan fingerprint density at radius 2 is 1.86 bits per heavy atom. The van der Waals surface area contributed by atoms with Crippen LogP contribution in [0.25, 0.3) is 0 Å². The molecule has 2 fully saturated rings. The van der Waals surface area contributed by atoms with Crippen molar-refractivity contribution in [2.24, 2.45) is 11.8 Å². The van der Waals surface area contributed by atoms with Crippen molar-refractivity contribution in [3.8, 4) is 6.07 Å². The summed E-state index contributed by atoms with van der Waals surface area (Å²) < 4.78 is 0. The molecule has 0 radical (unpaired) electrons. The Morgan fingerprint density at radius 1 is 1.29 bits per heavy atom. The Hall–Kier alpha value is -0.550. The first-order valence-corrected chi connectivity index (χ1v) is 5.98. The lowest BCUT2D eigenvalue weighted by atomic mass is 10.0. The van der Waals surface area contributed by atoms with Crippen LogP contribution in [0.3, 0.4) is 0 Å². The van der Waals surface area contributed by atoms with Crippen LogP contribution < -0.4 is 5.32 Å². The summed E-state index contributed by atoms with van der Waals surface area (Å²) in [5.41, 5.74) is 0. The molecule has 0 aromatic heterocycles. The van der Waals surface area contributed by atoms with Gasteiger partial charge in [-0.15, -0.1) is 0 Å². The second-order valence-electron chi connectivity index (χ2n) is 4.83. The zero-order valence-corrected chi connectivity index (χ0v) is 9.00. The van der Waals surface area contributed by atoms with E-state index in [2.05, 4.69) is 18.3 Å². The van der Waals surface area contributed by atoms with Gasteiger partial charge in [0.2, 0.25) is 0 Å². The molecule has 0 aliphatic heterocycles. The SMILES string of the molecule is CCC(CC#N)NC(C1CC1)C1CC1. The van der Waals surface area contributed by atoms with Gasteiger partial charge < -0.3 is 5.32 Å². The Bertz CT molecular complexity index is 211. The minimum atomic E-state index is 0.436. The molecule has 78 valence electrons. The first-order chi connectivity index (χ1) is 6.85. The summed E-state index contributed by atoms with van der Waals surface area (Å²) in [7, 11) is 0. The monoisotopic (exact) mass is 192 g/mol. The van der Waals surface area contributed by atoms with E-state index in [1.54, 1.807) is 0 Å². The van der Waals surface area contributed by atoms with E-state index in [0.717, 1.165) is 24.3 Å². The standard InChI is InChI=1S/C12H20N2/c1-2-11(7-8-13)14-12(9-3-4-9)10-5-6-10/h9-12,14H,2-7H2,1H3. The highest BCUT2D eigenvalue weighted by Crippen LogP contribution is 2.44. The van der Waals surface area contributed by atoms with Gasteiger partial charge >= 0.3 is 0 Å². The number of hydrogen-bond acceptors (Lipinski definition) is 2. The van der Waals surface area contributed by atoms with Crippen molar-refractivity contribution in [2.75, 3.05) is 0 Å². The van der Waals surface area contributed by atoms with E-state index in [-0.39, 0.29) is 0 Å². The molecule has 2 rings (SSSR count). The number of nitriles is 1. The van der Waals surface area contributed by atoms with Crippen molar-refractivity contribution in [2.45, 2.75) is 57.5 Å². The third-order valence-electron chi connectivity index (χ3n) is 3.52. The average molecular weight is 192 g/mol. The Balaban J connectivity index is 1.82. The van der Waals surface area contributed by atoms with Crippen LogP contribution in [-0.4, -0.2) is 12.1 Å². The lowest BCUT2D eigenvalue weighted by Crippen LogP contribution is -2.40. The fourth-order valence-corrected chi connectivity index (χ4v) is 2.27. The maximum Gasteiger partial charge on any atom is 0.0638 e. The van der Waals surface area contributed by atoms with Gasteiger partial charge in [-0.2, -0.15) is 5.26 Å². The topological polar surface area (TPSA) is 35.8 Å². The molecule has 2 aliphatic carbocycles. The molecular formula is C12H20N2. The van der Waals surface area contributed by atoms with Gasteiger partial charge in [-0.05, 0) is 43.9 Å². The Morgan fingerprint density at radius 3 is 2.21 bits per heavy atom. The largest absolute Gasteiger partial charge is 0.310 e. The van der Waals surface area contributed by atoms with Crippen molar-refractivity contribution in [3.63, 3.8) is 0 Å². The molecule has 2 aliphatic rings. The third kappa shape index (κ3) is 2.48. The molecule has 0 spiro atoms. The molecule has 14 heavy (non-hydrogen) atoms. The van der Waals surface area contributed by atoms with Crippen LogP contribution in [0.4, 0.5) is 0 Å². The first-order valence-electron chi connectivity index (χ1n) is 5.98. The maximum atomic E-state index is 8.70. The van der Waals surface area contributed by atoms with Gasteiger partial charge in [-0.1, -0.05) is 6.92 Å². The molecular weight excluding hydrogens is 172 g/mol. The van der Waals surface area contributed by atoms with Crippen LogP contribution in [0.5, 0.6) is 0 Å². The molecule has 1 N–H and O–H groups in total. The van der Waals surface area contributed by atoms with Crippen molar-refractivity contribution in [3.05, 3.63) is 0 Å².